The Bertz CT molecular complexity index is 1490. The molecule has 3 N–H and O–H groups in total. The molecule has 0 saturated heterocycles. The number of rotatable bonds is 8. The normalized spacial score (nSPS) is 12.5. The number of carbonyl (C=O) groups is 2. The Labute approximate surface area is 221 Å². The molecule has 4 aromatic rings. The van der Waals surface area contributed by atoms with Crippen LogP contribution in [0.5, 0.6) is 5.75 Å². The number of alkyl halides is 3. The second-order valence-corrected chi connectivity index (χ2v) is 9.23. The van der Waals surface area contributed by atoms with Crippen LogP contribution < -0.4 is 15.8 Å². The van der Waals surface area contributed by atoms with Gasteiger partial charge in [-0.05, 0) is 68.7 Å². The number of nitrogens with zero attached hydrogens (tertiary/aromatic N) is 4. The monoisotopic (exact) mass is 596 g/mol. The smallest absolute Gasteiger partial charge is 0.453 e. The van der Waals surface area contributed by atoms with Gasteiger partial charge in [0.25, 0.3) is 5.91 Å². The van der Waals surface area contributed by atoms with Crippen LogP contribution in [0.25, 0.3) is 22.6 Å². The van der Waals surface area contributed by atoms with Crippen molar-refractivity contribution in [2.45, 2.75) is 33.0 Å². The van der Waals surface area contributed by atoms with Crippen molar-refractivity contribution in [1.82, 2.24) is 20.2 Å². The molecule has 200 valence electrons. The van der Waals surface area contributed by atoms with Crippen LogP contribution in [0.4, 0.5) is 18.9 Å². The van der Waals surface area contributed by atoms with Gasteiger partial charge in [0.15, 0.2) is 12.5 Å². The van der Waals surface area contributed by atoms with E-state index in [4.69, 9.17) is 14.9 Å². The zero-order valence-corrected chi connectivity index (χ0v) is 21.4. The van der Waals surface area contributed by atoms with Gasteiger partial charge in [0.1, 0.15) is 17.4 Å². The van der Waals surface area contributed by atoms with Crippen molar-refractivity contribution < 1.29 is 36.7 Å². The van der Waals surface area contributed by atoms with Gasteiger partial charge in [0, 0.05) is 16.6 Å². The van der Waals surface area contributed by atoms with Gasteiger partial charge in [0.05, 0.1) is 4.47 Å². The van der Waals surface area contributed by atoms with E-state index in [-0.39, 0.29) is 40.0 Å². The first-order valence-corrected chi connectivity index (χ1v) is 11.8. The Hall–Kier alpha value is -3.98. The Kier molecular flexibility index (Phi) is 7.68. The fourth-order valence-corrected chi connectivity index (χ4v) is 3.69. The van der Waals surface area contributed by atoms with E-state index in [2.05, 4.69) is 41.5 Å². The second kappa shape index (κ2) is 10.8. The number of nitrogens with two attached hydrogens (primary N) is 1. The Balaban J connectivity index is 1.48. The number of anilines is 1. The van der Waals surface area contributed by atoms with E-state index in [0.29, 0.717) is 11.0 Å². The third-order valence-corrected chi connectivity index (χ3v) is 5.89. The van der Waals surface area contributed by atoms with E-state index < -0.39 is 30.0 Å². The maximum atomic E-state index is 12.7. The standard InChI is InChI=1S/C23H20BrF3N6O5/c1-11(2)19(28)22(35)36-10-33-20(30-31-32-33)18-7-12-3-4-13(8-17(12)37-18)21(34)29-14-5-6-16(15(24)9-14)38-23(25,26)27/h3-9,11,19H,10,28H2,1-2H3,(H,29,34)/t19-/m0/s1. The lowest BCUT2D eigenvalue weighted by atomic mass is 10.1. The molecule has 0 radical (unpaired) electrons. The van der Waals surface area contributed by atoms with Gasteiger partial charge in [-0.2, -0.15) is 4.68 Å². The first-order chi connectivity index (χ1) is 17.9. The predicted octanol–water partition coefficient (Wildman–Crippen LogP) is 4.48. The number of ether oxygens (including phenoxy) is 2. The van der Waals surface area contributed by atoms with Crippen molar-refractivity contribution in [3.8, 4) is 17.3 Å². The molecule has 2 aromatic heterocycles. The molecule has 0 fully saturated rings. The topological polar surface area (TPSA) is 147 Å². The van der Waals surface area contributed by atoms with Crippen LogP contribution in [-0.4, -0.2) is 44.5 Å². The van der Waals surface area contributed by atoms with Gasteiger partial charge in [-0.15, -0.1) is 18.3 Å². The van der Waals surface area contributed by atoms with Crippen LogP contribution in [0.1, 0.15) is 24.2 Å². The summed E-state index contributed by atoms with van der Waals surface area (Å²) in [6.07, 6.45) is -4.85. The number of carbonyl (C=O) groups excluding carboxylic acids is 2. The Morgan fingerprint density at radius 1 is 1.18 bits per heavy atom. The summed E-state index contributed by atoms with van der Waals surface area (Å²) in [5, 5.41) is 14.5. The fraction of sp³-hybridized carbons (Fsp3) is 0.261. The minimum Gasteiger partial charge on any atom is -0.453 e. The lowest BCUT2D eigenvalue weighted by Crippen LogP contribution is -2.37. The number of tetrazole rings is 1. The molecule has 4 rings (SSSR count). The van der Waals surface area contributed by atoms with Crippen LogP contribution in [0.15, 0.2) is 51.4 Å². The average molecular weight is 597 g/mol. The van der Waals surface area contributed by atoms with Crippen LogP contribution >= 0.6 is 15.9 Å². The van der Waals surface area contributed by atoms with Crippen molar-refractivity contribution in [3.05, 3.63) is 52.5 Å². The first kappa shape index (κ1) is 27.1. The molecule has 0 spiro atoms. The molecule has 11 nitrogen and oxygen atoms in total. The molecule has 0 aliphatic rings. The second-order valence-electron chi connectivity index (χ2n) is 8.37. The largest absolute Gasteiger partial charge is 0.573 e. The summed E-state index contributed by atoms with van der Waals surface area (Å²) < 4.78 is 53.5. The number of aromatic nitrogens is 4. The number of nitrogens with one attached hydrogen (secondary N) is 1. The number of halogens is 4. The summed E-state index contributed by atoms with van der Waals surface area (Å²) in [5.74, 6) is -1.24. The first-order valence-electron chi connectivity index (χ1n) is 11.0. The summed E-state index contributed by atoms with van der Waals surface area (Å²) in [7, 11) is 0. The summed E-state index contributed by atoms with van der Waals surface area (Å²) in [6, 6.07) is 9.16. The van der Waals surface area contributed by atoms with Crippen LogP contribution in [-0.2, 0) is 16.3 Å². The zero-order chi connectivity index (χ0) is 27.6. The van der Waals surface area contributed by atoms with Gasteiger partial charge in [-0.3, -0.25) is 9.59 Å². The van der Waals surface area contributed by atoms with E-state index in [1.807, 2.05) is 0 Å². The van der Waals surface area contributed by atoms with Gasteiger partial charge in [0.2, 0.25) is 5.82 Å². The highest BCUT2D eigenvalue weighted by molar-refractivity contribution is 9.10. The van der Waals surface area contributed by atoms with Crippen molar-refractivity contribution in [2.75, 3.05) is 5.32 Å². The number of fused-ring (bicyclic) bond motifs is 1. The quantitative estimate of drug-likeness (QED) is 0.281. The highest BCUT2D eigenvalue weighted by Crippen LogP contribution is 2.33. The number of furan rings is 1. The molecule has 15 heteroatoms. The van der Waals surface area contributed by atoms with Gasteiger partial charge in [-0.25, -0.2) is 0 Å². The molecule has 0 aliphatic carbocycles. The minimum absolute atomic E-state index is 0.00773. The SMILES string of the molecule is CC(C)[C@H](N)C(=O)OCn1nnnc1-c1cc2ccc(C(=O)Nc3ccc(OC(F)(F)F)c(Br)c3)cc2o1. The lowest BCUT2D eigenvalue weighted by Gasteiger charge is -2.14. The third-order valence-electron chi connectivity index (χ3n) is 5.27. The highest BCUT2D eigenvalue weighted by Gasteiger charge is 2.32. The molecule has 1 atom stereocenters. The maximum Gasteiger partial charge on any atom is 0.573 e. The van der Waals surface area contributed by atoms with Crippen molar-refractivity contribution in [1.29, 1.82) is 0 Å². The van der Waals surface area contributed by atoms with Crippen LogP contribution in [0.2, 0.25) is 0 Å². The Morgan fingerprint density at radius 3 is 2.63 bits per heavy atom. The molecule has 2 heterocycles. The number of hydrogen-bond donors (Lipinski definition) is 2. The van der Waals surface area contributed by atoms with E-state index in [9.17, 15) is 22.8 Å². The molecule has 0 unspecified atom stereocenters. The Morgan fingerprint density at radius 2 is 1.95 bits per heavy atom. The number of benzene rings is 2. The van der Waals surface area contributed by atoms with E-state index >= 15 is 0 Å². The maximum absolute atomic E-state index is 12.7. The van der Waals surface area contributed by atoms with Crippen LogP contribution in [0.3, 0.4) is 0 Å². The number of amides is 1. The molecule has 0 saturated carbocycles. The molecule has 0 aliphatic heterocycles. The minimum atomic E-state index is -4.85. The third kappa shape index (κ3) is 6.28. The fourth-order valence-electron chi connectivity index (χ4n) is 3.23. The summed E-state index contributed by atoms with van der Waals surface area (Å²) in [4.78, 5) is 24.8. The molecular formula is C23H20BrF3N6O5. The zero-order valence-electron chi connectivity index (χ0n) is 19.8. The van der Waals surface area contributed by atoms with Crippen molar-refractivity contribution in [2.24, 2.45) is 11.7 Å². The van der Waals surface area contributed by atoms with Gasteiger partial charge < -0.3 is 24.9 Å². The van der Waals surface area contributed by atoms with E-state index in [0.717, 1.165) is 6.07 Å². The average Bonchev–Trinajstić information content (AvgIpc) is 3.48. The molecule has 1 amide bonds. The summed E-state index contributed by atoms with van der Waals surface area (Å²) in [5.41, 5.74) is 6.59. The molecular weight excluding hydrogens is 577 g/mol. The lowest BCUT2D eigenvalue weighted by molar-refractivity contribution is -0.274. The van der Waals surface area contributed by atoms with Crippen molar-refractivity contribution in [3.63, 3.8) is 0 Å². The van der Waals surface area contributed by atoms with Gasteiger partial charge in [-0.1, -0.05) is 19.9 Å². The molecule has 38 heavy (non-hydrogen) atoms. The number of hydrogen-bond acceptors (Lipinski definition) is 9. The molecule has 2 aromatic carbocycles. The number of esters is 1. The van der Waals surface area contributed by atoms with Crippen LogP contribution in [0, 0.1) is 5.92 Å². The summed E-state index contributed by atoms with van der Waals surface area (Å²) >= 11 is 2.99. The molecule has 0 bridgehead atoms. The van der Waals surface area contributed by atoms with E-state index in [1.165, 1.54) is 22.9 Å². The van der Waals surface area contributed by atoms with Gasteiger partial charge >= 0.3 is 12.3 Å². The summed E-state index contributed by atoms with van der Waals surface area (Å²) in [6.45, 7) is 3.30. The van der Waals surface area contributed by atoms with Crippen molar-refractivity contribution >= 4 is 44.5 Å². The van der Waals surface area contributed by atoms with E-state index in [1.54, 1.807) is 32.0 Å². The highest BCUT2D eigenvalue weighted by atomic mass is 79.9. The predicted molar refractivity (Wildman–Crippen MR) is 131 cm³/mol.